The van der Waals surface area contributed by atoms with E-state index in [0.29, 0.717) is 22.5 Å². The van der Waals surface area contributed by atoms with E-state index in [0.717, 1.165) is 10.6 Å². The van der Waals surface area contributed by atoms with Gasteiger partial charge in [0.2, 0.25) is 11.9 Å². The molecule has 0 unspecified atom stereocenters. The van der Waals surface area contributed by atoms with E-state index in [1.54, 1.807) is 17.7 Å². The summed E-state index contributed by atoms with van der Waals surface area (Å²) in [5.74, 6) is 0.434. The predicted molar refractivity (Wildman–Crippen MR) is 118 cm³/mol. The lowest BCUT2D eigenvalue weighted by molar-refractivity contribution is -0.115. The number of anilines is 1. The first-order valence-electron chi connectivity index (χ1n) is 9.51. The van der Waals surface area contributed by atoms with Crippen LogP contribution in [0, 0.1) is 6.92 Å². The summed E-state index contributed by atoms with van der Waals surface area (Å²) < 4.78 is 3.02. The number of rotatable bonds is 5. The van der Waals surface area contributed by atoms with E-state index in [4.69, 9.17) is 0 Å². The molecule has 1 amide bonds. The molecule has 0 atom stereocenters. The molecular formula is C21H17N7O2S. The third-order valence-corrected chi connectivity index (χ3v) is 5.52. The van der Waals surface area contributed by atoms with Crippen LogP contribution in [0.5, 0.6) is 0 Å². The molecule has 0 aliphatic heterocycles. The van der Waals surface area contributed by atoms with Gasteiger partial charge in [0.15, 0.2) is 5.65 Å². The molecule has 2 N–H and O–H groups in total. The van der Waals surface area contributed by atoms with Crippen molar-refractivity contribution >= 4 is 34.1 Å². The Bertz CT molecular complexity index is 1430. The number of aromatic nitrogens is 6. The zero-order valence-electron chi connectivity index (χ0n) is 16.4. The highest BCUT2D eigenvalue weighted by Gasteiger charge is 2.17. The van der Waals surface area contributed by atoms with Gasteiger partial charge < -0.3 is 5.32 Å². The number of para-hydroxylation sites is 1. The van der Waals surface area contributed by atoms with E-state index >= 15 is 0 Å². The van der Waals surface area contributed by atoms with Gasteiger partial charge in [0.1, 0.15) is 11.2 Å². The van der Waals surface area contributed by atoms with Gasteiger partial charge >= 0.3 is 0 Å². The number of thiophene rings is 1. The minimum atomic E-state index is -0.341. The summed E-state index contributed by atoms with van der Waals surface area (Å²) in [7, 11) is 0. The summed E-state index contributed by atoms with van der Waals surface area (Å²) in [5.41, 5.74) is 1.51. The second kappa shape index (κ2) is 7.65. The van der Waals surface area contributed by atoms with Crippen LogP contribution in [0.1, 0.15) is 10.6 Å². The molecule has 0 saturated heterocycles. The van der Waals surface area contributed by atoms with Gasteiger partial charge in [-0.15, -0.1) is 11.3 Å². The Morgan fingerprint density at radius 1 is 1.16 bits per heavy atom. The number of amides is 1. The predicted octanol–water partition coefficient (Wildman–Crippen LogP) is 2.85. The molecule has 5 rings (SSSR count). The topological polar surface area (TPSA) is 110 Å². The first-order valence-corrected chi connectivity index (χ1v) is 10.4. The number of H-pyrrole nitrogens is 1. The van der Waals surface area contributed by atoms with Gasteiger partial charge in [-0.2, -0.15) is 19.9 Å². The lowest BCUT2D eigenvalue weighted by Crippen LogP contribution is -2.19. The quantitative estimate of drug-likeness (QED) is 0.445. The molecule has 9 nitrogen and oxygen atoms in total. The Hall–Kier alpha value is -4.05. The second-order valence-electron chi connectivity index (χ2n) is 6.91. The van der Waals surface area contributed by atoms with Crippen molar-refractivity contribution in [1.29, 1.82) is 0 Å². The molecule has 0 spiro atoms. The third kappa shape index (κ3) is 3.64. The Morgan fingerprint density at radius 2 is 2.00 bits per heavy atom. The fourth-order valence-electron chi connectivity index (χ4n) is 3.27. The molecule has 0 bridgehead atoms. The van der Waals surface area contributed by atoms with E-state index in [-0.39, 0.29) is 23.8 Å². The van der Waals surface area contributed by atoms with Crippen LogP contribution in [0.15, 0.2) is 64.9 Å². The van der Waals surface area contributed by atoms with Crippen molar-refractivity contribution in [1.82, 2.24) is 29.5 Å². The van der Waals surface area contributed by atoms with Gasteiger partial charge in [-0.1, -0.05) is 24.3 Å². The summed E-state index contributed by atoms with van der Waals surface area (Å²) in [6, 6.07) is 15.0. The van der Waals surface area contributed by atoms with Gasteiger partial charge in [0.25, 0.3) is 5.56 Å². The summed E-state index contributed by atoms with van der Waals surface area (Å²) >= 11 is 1.52. The summed E-state index contributed by atoms with van der Waals surface area (Å²) in [6.45, 7) is 1.80. The largest absolute Gasteiger partial charge is 0.310 e. The maximum atomic E-state index is 12.7. The lowest BCUT2D eigenvalue weighted by atomic mass is 10.3. The number of hydrogen-bond donors (Lipinski definition) is 2. The number of benzene rings is 1. The molecule has 0 aliphatic carbocycles. The molecule has 1 aromatic carbocycles. The average Bonchev–Trinajstić information content (AvgIpc) is 3.49. The minimum Gasteiger partial charge on any atom is -0.310 e. The molecule has 4 heterocycles. The lowest BCUT2D eigenvalue weighted by Gasteiger charge is -2.08. The molecule has 154 valence electrons. The molecule has 31 heavy (non-hydrogen) atoms. The zero-order chi connectivity index (χ0) is 21.4. The Balaban J connectivity index is 1.55. The zero-order valence-corrected chi connectivity index (χ0v) is 17.3. The smallest absolute Gasteiger partial charge is 0.263 e. The highest BCUT2D eigenvalue weighted by Crippen LogP contribution is 2.18. The van der Waals surface area contributed by atoms with Crippen LogP contribution in [0.4, 0.5) is 5.82 Å². The van der Waals surface area contributed by atoms with Crippen LogP contribution in [-0.2, 0) is 11.2 Å². The number of aryl methyl sites for hydroxylation is 1. The first-order chi connectivity index (χ1) is 15.1. The molecule has 0 radical (unpaired) electrons. The Kier molecular flexibility index (Phi) is 4.68. The highest BCUT2D eigenvalue weighted by atomic mass is 32.1. The molecule has 5 aromatic rings. The summed E-state index contributed by atoms with van der Waals surface area (Å²) in [5, 5.41) is 13.9. The number of carbonyl (C=O) groups excluding carboxylic acids is 1. The normalized spacial score (nSPS) is 11.1. The van der Waals surface area contributed by atoms with Crippen molar-refractivity contribution in [2.24, 2.45) is 0 Å². The van der Waals surface area contributed by atoms with E-state index < -0.39 is 0 Å². The number of carbonyl (C=O) groups is 1. The highest BCUT2D eigenvalue weighted by molar-refractivity contribution is 7.10. The van der Waals surface area contributed by atoms with Gasteiger partial charge in [0.05, 0.1) is 24.0 Å². The molecule has 0 saturated carbocycles. The molecule has 10 heteroatoms. The van der Waals surface area contributed by atoms with Crippen molar-refractivity contribution in [2.75, 3.05) is 5.32 Å². The van der Waals surface area contributed by atoms with Crippen LogP contribution in [-0.4, -0.2) is 35.4 Å². The van der Waals surface area contributed by atoms with Gasteiger partial charge in [0, 0.05) is 10.9 Å². The first kappa shape index (κ1) is 18.9. The van der Waals surface area contributed by atoms with Crippen LogP contribution in [0.3, 0.4) is 0 Å². The third-order valence-electron chi connectivity index (χ3n) is 4.64. The van der Waals surface area contributed by atoms with Gasteiger partial charge in [-0.25, -0.2) is 4.68 Å². The maximum absolute atomic E-state index is 12.7. The van der Waals surface area contributed by atoms with Gasteiger partial charge in [-0.05, 0) is 30.5 Å². The number of nitrogens with zero attached hydrogens (tertiary/aromatic N) is 5. The van der Waals surface area contributed by atoms with E-state index in [1.165, 1.54) is 22.2 Å². The Morgan fingerprint density at radius 3 is 2.77 bits per heavy atom. The minimum absolute atomic E-state index is 0.179. The van der Waals surface area contributed by atoms with E-state index in [1.807, 2.05) is 47.8 Å². The van der Waals surface area contributed by atoms with Crippen LogP contribution in [0.2, 0.25) is 0 Å². The monoisotopic (exact) mass is 431 g/mol. The summed E-state index contributed by atoms with van der Waals surface area (Å²) in [6.07, 6.45) is 1.74. The summed E-state index contributed by atoms with van der Waals surface area (Å²) in [4.78, 5) is 33.5. The average molecular weight is 431 g/mol. The van der Waals surface area contributed by atoms with E-state index in [2.05, 4.69) is 25.5 Å². The van der Waals surface area contributed by atoms with Crippen molar-refractivity contribution < 1.29 is 4.79 Å². The molecular weight excluding hydrogens is 414 g/mol. The molecule has 4 aromatic heterocycles. The van der Waals surface area contributed by atoms with Crippen molar-refractivity contribution in [3.05, 3.63) is 81.0 Å². The van der Waals surface area contributed by atoms with E-state index in [9.17, 15) is 9.59 Å². The van der Waals surface area contributed by atoms with Crippen molar-refractivity contribution in [2.45, 2.75) is 13.3 Å². The number of hydrogen-bond acceptors (Lipinski definition) is 6. The Labute approximate surface area is 180 Å². The maximum Gasteiger partial charge on any atom is 0.263 e. The SMILES string of the molecule is Cc1cc(NC(=O)Cc2cccs2)n(-c2nc3c(cnn3-c3ccccc3)c(=O)[nH]2)n1. The van der Waals surface area contributed by atoms with Gasteiger partial charge in [-0.3, -0.25) is 14.6 Å². The van der Waals surface area contributed by atoms with Crippen molar-refractivity contribution in [3.8, 4) is 11.6 Å². The number of nitrogens with one attached hydrogen (secondary N) is 2. The molecule has 0 fully saturated rings. The van der Waals surface area contributed by atoms with Crippen LogP contribution >= 0.6 is 11.3 Å². The molecule has 0 aliphatic rings. The number of aromatic amines is 1. The fraction of sp³-hybridized carbons (Fsp3) is 0.0952. The standard InChI is InChI=1S/C21H17N7O2S/c1-13-10-17(23-18(29)11-15-8-5-9-31-15)28(26-13)21-24-19-16(20(30)25-21)12-22-27(19)14-6-3-2-4-7-14/h2-10,12H,11H2,1H3,(H,23,29)(H,24,25,30). The van der Waals surface area contributed by atoms with Crippen LogP contribution < -0.4 is 10.9 Å². The fourth-order valence-corrected chi connectivity index (χ4v) is 3.98. The number of fused-ring (bicyclic) bond motifs is 1. The van der Waals surface area contributed by atoms with Crippen LogP contribution in [0.25, 0.3) is 22.7 Å². The van der Waals surface area contributed by atoms with Crippen molar-refractivity contribution in [3.63, 3.8) is 0 Å². The second-order valence-corrected chi connectivity index (χ2v) is 7.94.